The van der Waals surface area contributed by atoms with Crippen LogP contribution < -0.4 is 10.2 Å². The smallest absolute Gasteiger partial charge is 0.214 e. The predicted octanol–water partition coefficient (Wildman–Crippen LogP) is 4.48. The molecule has 5 nitrogen and oxygen atoms in total. The van der Waals surface area contributed by atoms with Gasteiger partial charge in [0.05, 0.1) is 6.54 Å². The van der Waals surface area contributed by atoms with Crippen LogP contribution >= 0.6 is 23.8 Å². The van der Waals surface area contributed by atoms with Gasteiger partial charge in [-0.2, -0.15) is 5.10 Å². The van der Waals surface area contributed by atoms with Crippen LogP contribution in [-0.4, -0.2) is 14.9 Å². The van der Waals surface area contributed by atoms with E-state index in [0.29, 0.717) is 17.9 Å². The molecule has 3 rings (SSSR count). The zero-order valence-electron chi connectivity index (χ0n) is 13.8. The minimum atomic E-state index is 0.486. The van der Waals surface area contributed by atoms with E-state index in [4.69, 9.17) is 28.6 Å². The number of H-pyrrole nitrogens is 1. The second-order valence-corrected chi connectivity index (χ2v) is 6.31. The number of benzene rings is 2. The molecule has 1 heterocycles. The Morgan fingerprint density at radius 3 is 2.72 bits per heavy atom. The minimum absolute atomic E-state index is 0.486. The first-order chi connectivity index (χ1) is 12.2. The Labute approximate surface area is 156 Å². The van der Waals surface area contributed by atoms with Gasteiger partial charge in [0.2, 0.25) is 4.77 Å². The van der Waals surface area contributed by atoms with Crippen LogP contribution in [0.3, 0.4) is 0 Å². The number of aromatic amines is 1. The zero-order chi connectivity index (χ0) is 17.6. The van der Waals surface area contributed by atoms with Gasteiger partial charge >= 0.3 is 0 Å². The Morgan fingerprint density at radius 2 is 1.96 bits per heavy atom. The molecule has 7 heteroatoms. The molecule has 0 saturated carbocycles. The number of halogens is 1. The lowest BCUT2D eigenvalue weighted by molar-refractivity contribution is 0.303. The van der Waals surface area contributed by atoms with Gasteiger partial charge in [0.1, 0.15) is 12.4 Å². The summed E-state index contributed by atoms with van der Waals surface area (Å²) in [6.45, 7) is 3.10. The number of hydrogen-bond donors (Lipinski definition) is 2. The van der Waals surface area contributed by atoms with E-state index in [9.17, 15) is 0 Å². The van der Waals surface area contributed by atoms with Crippen molar-refractivity contribution in [3.05, 3.63) is 75.3 Å². The van der Waals surface area contributed by atoms with Crippen molar-refractivity contribution < 1.29 is 4.74 Å². The molecular formula is C18H19ClN4OS. The van der Waals surface area contributed by atoms with Crippen molar-refractivity contribution in [2.24, 2.45) is 0 Å². The number of nitrogens with one attached hydrogen (secondary N) is 2. The number of ether oxygens (including phenoxy) is 1. The highest BCUT2D eigenvalue weighted by atomic mass is 35.5. The molecule has 3 aromatic rings. The van der Waals surface area contributed by atoms with Crippen LogP contribution in [0.4, 0.5) is 0 Å². The fourth-order valence-corrected chi connectivity index (χ4v) is 2.77. The lowest BCUT2D eigenvalue weighted by Crippen LogP contribution is -2.17. The summed E-state index contributed by atoms with van der Waals surface area (Å²) in [7, 11) is 0. The summed E-state index contributed by atoms with van der Waals surface area (Å²) in [5.41, 5.74) is 5.41. The Balaban J connectivity index is 1.69. The standard InChI is InChI=1S/C18H19ClN4OS/c1-2-17-21-22-18(25)23(17)20-11-14-5-3-4-6-16(14)24-12-13-7-9-15(19)10-8-13/h3-10,20H,2,11-12H2,1H3,(H,22,25). The fraction of sp³-hybridized carbons (Fsp3) is 0.222. The van der Waals surface area contributed by atoms with Crippen LogP contribution in [0.1, 0.15) is 23.9 Å². The summed E-state index contributed by atoms with van der Waals surface area (Å²) in [6, 6.07) is 15.6. The molecule has 130 valence electrons. The molecule has 0 aliphatic rings. The molecule has 0 bridgehead atoms. The van der Waals surface area contributed by atoms with E-state index in [1.54, 1.807) is 4.68 Å². The van der Waals surface area contributed by atoms with Crippen LogP contribution in [0.5, 0.6) is 5.75 Å². The molecule has 0 atom stereocenters. The second kappa shape index (κ2) is 8.18. The third kappa shape index (κ3) is 4.41. The number of rotatable bonds is 7. The first-order valence-corrected chi connectivity index (χ1v) is 8.81. The number of aryl methyl sites for hydroxylation is 1. The SMILES string of the molecule is CCc1n[nH]c(=S)n1NCc1ccccc1OCc1ccc(Cl)cc1. The van der Waals surface area contributed by atoms with E-state index >= 15 is 0 Å². The molecule has 0 unspecified atom stereocenters. The largest absolute Gasteiger partial charge is 0.489 e. The molecule has 1 aromatic heterocycles. The Kier molecular flexibility index (Phi) is 5.73. The van der Waals surface area contributed by atoms with Crippen molar-refractivity contribution in [1.29, 1.82) is 0 Å². The monoisotopic (exact) mass is 374 g/mol. The van der Waals surface area contributed by atoms with E-state index in [1.165, 1.54) is 0 Å². The molecule has 0 saturated heterocycles. The highest BCUT2D eigenvalue weighted by molar-refractivity contribution is 7.71. The Bertz CT molecular complexity index is 889. The summed E-state index contributed by atoms with van der Waals surface area (Å²) in [6.07, 6.45) is 0.787. The first-order valence-electron chi connectivity index (χ1n) is 8.02. The molecule has 0 spiro atoms. The maximum absolute atomic E-state index is 5.98. The highest BCUT2D eigenvalue weighted by Gasteiger charge is 2.07. The molecule has 0 radical (unpaired) electrons. The van der Waals surface area contributed by atoms with E-state index in [0.717, 1.165) is 34.1 Å². The predicted molar refractivity (Wildman–Crippen MR) is 102 cm³/mol. The molecule has 2 aromatic carbocycles. The van der Waals surface area contributed by atoms with Gasteiger partial charge in [-0.25, -0.2) is 4.68 Å². The maximum atomic E-state index is 5.98. The van der Waals surface area contributed by atoms with Crippen molar-refractivity contribution >= 4 is 23.8 Å². The fourth-order valence-electron chi connectivity index (χ4n) is 2.43. The maximum Gasteiger partial charge on any atom is 0.214 e. The van der Waals surface area contributed by atoms with Crippen molar-refractivity contribution in [3.63, 3.8) is 0 Å². The normalized spacial score (nSPS) is 10.6. The summed E-state index contributed by atoms with van der Waals surface area (Å²) < 4.78 is 8.33. The van der Waals surface area contributed by atoms with Gasteiger partial charge in [0, 0.05) is 17.0 Å². The van der Waals surface area contributed by atoms with Gasteiger partial charge < -0.3 is 10.2 Å². The third-order valence-electron chi connectivity index (χ3n) is 3.77. The van der Waals surface area contributed by atoms with E-state index in [2.05, 4.69) is 15.6 Å². The molecular weight excluding hydrogens is 356 g/mol. The highest BCUT2D eigenvalue weighted by Crippen LogP contribution is 2.20. The van der Waals surface area contributed by atoms with Gasteiger partial charge in [-0.3, -0.25) is 5.10 Å². The average molecular weight is 375 g/mol. The number of aromatic nitrogens is 3. The van der Waals surface area contributed by atoms with Crippen LogP contribution in [0.15, 0.2) is 48.5 Å². The van der Waals surface area contributed by atoms with Gasteiger partial charge in [-0.05, 0) is 36.0 Å². The molecule has 2 N–H and O–H groups in total. The minimum Gasteiger partial charge on any atom is -0.489 e. The van der Waals surface area contributed by atoms with Gasteiger partial charge in [-0.15, -0.1) is 0 Å². The van der Waals surface area contributed by atoms with Gasteiger partial charge in [0.15, 0.2) is 5.82 Å². The lowest BCUT2D eigenvalue weighted by atomic mass is 10.2. The number of para-hydroxylation sites is 1. The summed E-state index contributed by atoms with van der Waals surface area (Å²) in [5, 5.41) is 7.71. The molecule has 0 aliphatic heterocycles. The second-order valence-electron chi connectivity index (χ2n) is 5.49. The van der Waals surface area contributed by atoms with Crippen molar-refractivity contribution in [3.8, 4) is 5.75 Å². The van der Waals surface area contributed by atoms with E-state index < -0.39 is 0 Å². The Morgan fingerprint density at radius 1 is 1.20 bits per heavy atom. The summed E-state index contributed by atoms with van der Waals surface area (Å²) in [4.78, 5) is 0. The quantitative estimate of drug-likeness (QED) is 0.599. The van der Waals surface area contributed by atoms with Crippen molar-refractivity contribution in [1.82, 2.24) is 14.9 Å². The van der Waals surface area contributed by atoms with Crippen LogP contribution in [0, 0.1) is 4.77 Å². The first kappa shape index (κ1) is 17.5. The average Bonchev–Trinajstić information content (AvgIpc) is 3.00. The zero-order valence-corrected chi connectivity index (χ0v) is 15.4. The summed E-state index contributed by atoms with van der Waals surface area (Å²) >= 11 is 11.2. The van der Waals surface area contributed by atoms with Crippen molar-refractivity contribution in [2.75, 3.05) is 5.43 Å². The van der Waals surface area contributed by atoms with E-state index in [-0.39, 0.29) is 0 Å². The topological polar surface area (TPSA) is 54.9 Å². The molecule has 25 heavy (non-hydrogen) atoms. The van der Waals surface area contributed by atoms with Crippen LogP contribution in [-0.2, 0) is 19.6 Å². The lowest BCUT2D eigenvalue weighted by Gasteiger charge is -2.14. The van der Waals surface area contributed by atoms with Crippen LogP contribution in [0.25, 0.3) is 0 Å². The summed E-state index contributed by atoms with van der Waals surface area (Å²) in [5.74, 6) is 1.70. The Hall–Kier alpha value is -2.31. The molecule has 0 aliphatic carbocycles. The molecule has 0 fully saturated rings. The van der Waals surface area contributed by atoms with E-state index in [1.807, 2.05) is 55.5 Å². The van der Waals surface area contributed by atoms with Crippen molar-refractivity contribution in [2.45, 2.75) is 26.5 Å². The third-order valence-corrected chi connectivity index (χ3v) is 4.29. The number of nitrogens with zero attached hydrogens (tertiary/aromatic N) is 2. The van der Waals surface area contributed by atoms with Crippen LogP contribution in [0.2, 0.25) is 5.02 Å². The van der Waals surface area contributed by atoms with Gasteiger partial charge in [-0.1, -0.05) is 48.9 Å². The van der Waals surface area contributed by atoms with Gasteiger partial charge in [0.25, 0.3) is 0 Å². The molecule has 0 amide bonds. The number of hydrogen-bond acceptors (Lipinski definition) is 4.